The van der Waals surface area contributed by atoms with Gasteiger partial charge in [-0.15, -0.1) is 10.2 Å². The zero-order valence-corrected chi connectivity index (χ0v) is 14.7. The summed E-state index contributed by atoms with van der Waals surface area (Å²) in [7, 11) is 0. The van der Waals surface area contributed by atoms with E-state index in [0.29, 0.717) is 28.2 Å². The number of hydrogen-bond acceptors (Lipinski definition) is 4. The zero-order chi connectivity index (χ0) is 17.6. The molecule has 25 heavy (non-hydrogen) atoms. The Hall–Kier alpha value is -2.73. The fourth-order valence-electron chi connectivity index (χ4n) is 3.06. The molecule has 6 nitrogen and oxygen atoms in total. The van der Waals surface area contributed by atoms with Gasteiger partial charge in [0, 0.05) is 17.8 Å². The normalized spacial score (nSPS) is 11.5. The highest BCUT2D eigenvalue weighted by Gasteiger charge is 2.17. The van der Waals surface area contributed by atoms with Crippen LogP contribution < -0.4 is 5.56 Å². The van der Waals surface area contributed by atoms with Crippen molar-refractivity contribution in [3.05, 3.63) is 57.6 Å². The van der Waals surface area contributed by atoms with Crippen molar-refractivity contribution in [2.45, 2.75) is 26.8 Å². The number of hydrogen-bond donors (Lipinski definition) is 0. The number of rotatable bonds is 3. The van der Waals surface area contributed by atoms with E-state index in [1.807, 2.05) is 44.2 Å². The summed E-state index contributed by atoms with van der Waals surface area (Å²) in [6.07, 6.45) is 2.66. The molecular formula is C18H16ClN5O. The standard InChI is InChI=1S/C18H16ClN5O/c1-3-9-23-10-8-14-16(18(23)25)20-21-17-15(11(2)22-24(14)17)12-4-6-13(19)7-5-12/h4-8,10H,3,9H2,1-2H3. The lowest BCUT2D eigenvalue weighted by Gasteiger charge is -2.06. The first-order valence-corrected chi connectivity index (χ1v) is 8.49. The van der Waals surface area contributed by atoms with E-state index >= 15 is 0 Å². The average molecular weight is 354 g/mol. The molecule has 3 heterocycles. The molecule has 3 aromatic heterocycles. The number of aromatic nitrogens is 5. The van der Waals surface area contributed by atoms with Crippen LogP contribution in [0.25, 0.3) is 27.8 Å². The summed E-state index contributed by atoms with van der Waals surface area (Å²) in [5.74, 6) is 0. The molecule has 4 rings (SSSR count). The topological polar surface area (TPSA) is 65.1 Å². The first-order valence-electron chi connectivity index (χ1n) is 8.11. The lowest BCUT2D eigenvalue weighted by Crippen LogP contribution is -2.21. The van der Waals surface area contributed by atoms with E-state index in [2.05, 4.69) is 15.3 Å². The van der Waals surface area contributed by atoms with Crippen LogP contribution in [0.3, 0.4) is 0 Å². The molecule has 1 aromatic carbocycles. The van der Waals surface area contributed by atoms with Crippen molar-refractivity contribution >= 4 is 28.3 Å². The maximum Gasteiger partial charge on any atom is 0.280 e. The summed E-state index contributed by atoms with van der Waals surface area (Å²) in [6.45, 7) is 4.60. The van der Waals surface area contributed by atoms with Gasteiger partial charge in [0.05, 0.1) is 11.3 Å². The van der Waals surface area contributed by atoms with Crippen LogP contribution in [0.15, 0.2) is 41.3 Å². The van der Waals surface area contributed by atoms with E-state index in [0.717, 1.165) is 23.2 Å². The highest BCUT2D eigenvalue weighted by molar-refractivity contribution is 6.30. The average Bonchev–Trinajstić information content (AvgIpc) is 2.94. The fraction of sp³-hybridized carbons (Fsp3) is 0.222. The summed E-state index contributed by atoms with van der Waals surface area (Å²) < 4.78 is 3.35. The molecule has 126 valence electrons. The third kappa shape index (κ3) is 2.49. The molecule has 0 aliphatic carbocycles. The van der Waals surface area contributed by atoms with Crippen LogP contribution in [0.1, 0.15) is 19.0 Å². The summed E-state index contributed by atoms with van der Waals surface area (Å²) in [6, 6.07) is 9.39. The van der Waals surface area contributed by atoms with Gasteiger partial charge in [0.15, 0.2) is 11.2 Å². The minimum absolute atomic E-state index is 0.144. The third-order valence-corrected chi connectivity index (χ3v) is 4.48. The second-order valence-electron chi connectivity index (χ2n) is 5.95. The smallest absolute Gasteiger partial charge is 0.280 e. The molecule has 4 aromatic rings. The molecule has 7 heteroatoms. The van der Waals surface area contributed by atoms with Crippen LogP contribution in [0.2, 0.25) is 5.02 Å². The van der Waals surface area contributed by atoms with E-state index in [9.17, 15) is 4.79 Å². The minimum Gasteiger partial charge on any atom is -0.313 e. The first kappa shape index (κ1) is 15.8. The molecule has 0 fully saturated rings. The fourth-order valence-corrected chi connectivity index (χ4v) is 3.19. The van der Waals surface area contributed by atoms with Crippen molar-refractivity contribution in [2.24, 2.45) is 0 Å². The lowest BCUT2D eigenvalue weighted by atomic mass is 10.1. The number of nitrogens with zero attached hydrogens (tertiary/aromatic N) is 5. The molecule has 0 saturated carbocycles. The molecule has 0 aliphatic heterocycles. The van der Waals surface area contributed by atoms with Crippen molar-refractivity contribution in [3.8, 4) is 11.1 Å². The summed E-state index contributed by atoms with van der Waals surface area (Å²) in [5, 5.41) is 13.8. The molecule has 0 amide bonds. The monoisotopic (exact) mass is 353 g/mol. The second kappa shape index (κ2) is 5.97. The van der Waals surface area contributed by atoms with Crippen molar-refractivity contribution in [1.82, 2.24) is 24.4 Å². The summed E-state index contributed by atoms with van der Waals surface area (Å²) in [4.78, 5) is 12.6. The molecule has 0 bridgehead atoms. The Kier molecular flexibility index (Phi) is 3.77. The summed E-state index contributed by atoms with van der Waals surface area (Å²) >= 11 is 5.98. The van der Waals surface area contributed by atoms with E-state index in [-0.39, 0.29) is 5.56 Å². The summed E-state index contributed by atoms with van der Waals surface area (Å²) in [5.41, 5.74) is 4.14. The van der Waals surface area contributed by atoms with E-state index in [1.54, 1.807) is 15.3 Å². The number of fused-ring (bicyclic) bond motifs is 3. The second-order valence-corrected chi connectivity index (χ2v) is 6.39. The predicted octanol–water partition coefficient (Wildman–Crippen LogP) is 3.48. The highest BCUT2D eigenvalue weighted by atomic mass is 35.5. The van der Waals surface area contributed by atoms with Gasteiger partial charge in [-0.25, -0.2) is 4.52 Å². The SMILES string of the molecule is CCCn1ccc2c(nnc3c(-c4ccc(Cl)cc4)c(C)nn32)c1=O. The number of halogens is 1. The van der Waals surface area contributed by atoms with Crippen molar-refractivity contribution < 1.29 is 0 Å². The van der Waals surface area contributed by atoms with Crippen molar-refractivity contribution in [2.75, 3.05) is 0 Å². The van der Waals surface area contributed by atoms with Gasteiger partial charge in [-0.1, -0.05) is 30.7 Å². The number of pyridine rings is 1. The van der Waals surface area contributed by atoms with Gasteiger partial charge in [-0.3, -0.25) is 4.79 Å². The highest BCUT2D eigenvalue weighted by Crippen LogP contribution is 2.28. The van der Waals surface area contributed by atoms with Gasteiger partial charge in [0.1, 0.15) is 5.52 Å². The van der Waals surface area contributed by atoms with Gasteiger partial charge in [-0.2, -0.15) is 5.10 Å². The molecule has 0 N–H and O–H groups in total. The van der Waals surface area contributed by atoms with Crippen LogP contribution in [0, 0.1) is 6.92 Å². The molecule has 0 saturated heterocycles. The maximum absolute atomic E-state index is 12.6. The van der Waals surface area contributed by atoms with E-state index in [4.69, 9.17) is 11.6 Å². The molecule has 0 unspecified atom stereocenters. The maximum atomic E-state index is 12.6. The van der Waals surface area contributed by atoms with Crippen molar-refractivity contribution in [3.63, 3.8) is 0 Å². The lowest BCUT2D eigenvalue weighted by molar-refractivity contribution is 0.656. The Balaban J connectivity index is 2.01. The predicted molar refractivity (Wildman–Crippen MR) is 98.0 cm³/mol. The quantitative estimate of drug-likeness (QED) is 0.565. The molecular weight excluding hydrogens is 338 g/mol. The molecule has 0 spiro atoms. The Morgan fingerprint density at radius 2 is 1.88 bits per heavy atom. The Labute approximate surface area is 148 Å². The Morgan fingerprint density at radius 3 is 2.60 bits per heavy atom. The van der Waals surface area contributed by atoms with Gasteiger partial charge in [0.2, 0.25) is 0 Å². The molecule has 0 aliphatic rings. The van der Waals surface area contributed by atoms with E-state index in [1.165, 1.54) is 0 Å². The molecule has 0 atom stereocenters. The van der Waals surface area contributed by atoms with Crippen LogP contribution >= 0.6 is 11.6 Å². The minimum atomic E-state index is -0.144. The zero-order valence-electron chi connectivity index (χ0n) is 13.9. The number of aryl methyl sites for hydroxylation is 2. The largest absolute Gasteiger partial charge is 0.313 e. The van der Waals surface area contributed by atoms with Gasteiger partial charge in [-0.05, 0) is 37.1 Å². The molecule has 0 radical (unpaired) electrons. The van der Waals surface area contributed by atoms with Crippen LogP contribution in [-0.2, 0) is 6.54 Å². The van der Waals surface area contributed by atoms with Crippen LogP contribution in [0.5, 0.6) is 0 Å². The van der Waals surface area contributed by atoms with E-state index < -0.39 is 0 Å². The third-order valence-electron chi connectivity index (χ3n) is 4.22. The first-order chi connectivity index (χ1) is 12.1. The van der Waals surface area contributed by atoms with Crippen LogP contribution in [0.4, 0.5) is 0 Å². The number of benzene rings is 1. The Morgan fingerprint density at radius 1 is 1.12 bits per heavy atom. The van der Waals surface area contributed by atoms with Gasteiger partial charge < -0.3 is 4.57 Å². The van der Waals surface area contributed by atoms with Crippen LogP contribution in [-0.4, -0.2) is 24.4 Å². The van der Waals surface area contributed by atoms with Gasteiger partial charge in [0.25, 0.3) is 5.56 Å². The van der Waals surface area contributed by atoms with Crippen molar-refractivity contribution in [1.29, 1.82) is 0 Å². The Bertz CT molecular complexity index is 1140. The van der Waals surface area contributed by atoms with Gasteiger partial charge >= 0.3 is 0 Å².